The first-order valence-corrected chi connectivity index (χ1v) is 7.38. The molecule has 0 unspecified atom stereocenters. The summed E-state index contributed by atoms with van der Waals surface area (Å²) in [6, 6.07) is 6.40. The molecule has 3 nitrogen and oxygen atoms in total. The van der Waals surface area contributed by atoms with E-state index in [1.807, 2.05) is 0 Å². The quantitative estimate of drug-likeness (QED) is 0.852. The number of thiocarbonyl (C=S) groups is 1. The van der Waals surface area contributed by atoms with Crippen LogP contribution in [-0.4, -0.2) is 29.9 Å². The van der Waals surface area contributed by atoms with E-state index in [0.717, 1.165) is 25.0 Å². The number of aryl methyl sites for hydroxylation is 1. The van der Waals surface area contributed by atoms with Gasteiger partial charge in [-0.2, -0.15) is 0 Å². The molecule has 1 heterocycles. The Morgan fingerprint density at radius 2 is 2.11 bits per heavy atom. The zero-order valence-electron chi connectivity index (χ0n) is 12.1. The molecule has 0 amide bonds. The number of hydrogen-bond donors (Lipinski definition) is 1. The van der Waals surface area contributed by atoms with Crippen molar-refractivity contribution < 1.29 is 0 Å². The van der Waals surface area contributed by atoms with E-state index in [-0.39, 0.29) is 0 Å². The average molecular weight is 277 g/mol. The number of rotatable bonds is 4. The molecule has 0 atom stereocenters. The van der Waals surface area contributed by atoms with Gasteiger partial charge in [-0.15, -0.1) is 0 Å². The Morgan fingerprint density at radius 1 is 1.32 bits per heavy atom. The molecule has 0 bridgehead atoms. The minimum atomic E-state index is 0.835. The Balaban J connectivity index is 2.16. The van der Waals surface area contributed by atoms with Crippen molar-refractivity contribution in [1.29, 1.82) is 0 Å². The third-order valence-corrected chi connectivity index (χ3v) is 4.10. The van der Waals surface area contributed by atoms with Crippen LogP contribution in [0.15, 0.2) is 18.2 Å². The summed E-state index contributed by atoms with van der Waals surface area (Å²) in [6.45, 7) is 9.40. The smallest absolute Gasteiger partial charge is 0.175 e. The summed E-state index contributed by atoms with van der Waals surface area (Å²) >= 11 is 5.47. The molecule has 19 heavy (non-hydrogen) atoms. The summed E-state index contributed by atoms with van der Waals surface area (Å²) in [5.74, 6) is 0. The molecule has 1 aliphatic heterocycles. The van der Waals surface area contributed by atoms with Crippen LogP contribution in [0.5, 0.6) is 0 Å². The van der Waals surface area contributed by atoms with Gasteiger partial charge in [0.05, 0.1) is 13.3 Å². The lowest BCUT2D eigenvalue weighted by Gasteiger charge is -2.38. The van der Waals surface area contributed by atoms with Crippen molar-refractivity contribution in [2.24, 2.45) is 0 Å². The molecule has 104 valence electrons. The van der Waals surface area contributed by atoms with Crippen molar-refractivity contribution in [1.82, 2.24) is 10.2 Å². The first-order valence-electron chi connectivity index (χ1n) is 6.97. The summed E-state index contributed by atoms with van der Waals surface area (Å²) in [7, 11) is 0. The van der Waals surface area contributed by atoms with Crippen LogP contribution < -0.4 is 10.2 Å². The molecule has 1 fully saturated rings. The highest BCUT2D eigenvalue weighted by Crippen LogP contribution is 2.24. The van der Waals surface area contributed by atoms with E-state index in [0.29, 0.717) is 0 Å². The van der Waals surface area contributed by atoms with Gasteiger partial charge in [0.25, 0.3) is 0 Å². The van der Waals surface area contributed by atoms with E-state index in [4.69, 9.17) is 12.2 Å². The Morgan fingerprint density at radius 3 is 2.84 bits per heavy atom. The van der Waals surface area contributed by atoms with E-state index < -0.39 is 0 Å². The van der Waals surface area contributed by atoms with Crippen LogP contribution in [-0.2, 0) is 0 Å². The summed E-state index contributed by atoms with van der Waals surface area (Å²) < 4.78 is 0. The van der Waals surface area contributed by atoms with E-state index >= 15 is 0 Å². The second-order valence-electron chi connectivity index (χ2n) is 5.18. The summed E-state index contributed by atoms with van der Waals surface area (Å²) in [4.78, 5) is 4.61. The molecule has 0 aromatic heterocycles. The zero-order valence-corrected chi connectivity index (χ0v) is 12.9. The van der Waals surface area contributed by atoms with Gasteiger partial charge in [-0.3, -0.25) is 4.90 Å². The van der Waals surface area contributed by atoms with Gasteiger partial charge in [0.15, 0.2) is 5.11 Å². The highest BCUT2D eigenvalue weighted by atomic mass is 32.1. The molecular formula is C15H23N3S. The first-order chi connectivity index (χ1) is 9.13. The molecule has 1 N–H and O–H groups in total. The van der Waals surface area contributed by atoms with Crippen LogP contribution in [0.1, 0.15) is 30.9 Å². The lowest BCUT2D eigenvalue weighted by molar-refractivity contribution is 0.257. The number of nitrogens with one attached hydrogen (secondary N) is 1. The van der Waals surface area contributed by atoms with Gasteiger partial charge >= 0.3 is 0 Å². The maximum atomic E-state index is 5.47. The maximum absolute atomic E-state index is 5.47. The van der Waals surface area contributed by atoms with Gasteiger partial charge < -0.3 is 10.2 Å². The second-order valence-corrected chi connectivity index (χ2v) is 5.56. The Bertz CT molecular complexity index is 459. The van der Waals surface area contributed by atoms with Gasteiger partial charge in [-0.05, 0) is 49.7 Å². The summed E-state index contributed by atoms with van der Waals surface area (Å²) in [5.41, 5.74) is 3.84. The van der Waals surface area contributed by atoms with Crippen LogP contribution in [0.3, 0.4) is 0 Å². The Kier molecular flexibility index (Phi) is 4.77. The topological polar surface area (TPSA) is 18.5 Å². The van der Waals surface area contributed by atoms with Gasteiger partial charge in [0, 0.05) is 12.2 Å². The fraction of sp³-hybridized carbons (Fsp3) is 0.533. The van der Waals surface area contributed by atoms with Crippen molar-refractivity contribution in [3.05, 3.63) is 29.3 Å². The van der Waals surface area contributed by atoms with Crippen LogP contribution >= 0.6 is 12.2 Å². The maximum Gasteiger partial charge on any atom is 0.175 e. The minimum Gasteiger partial charge on any atom is -0.349 e. The van der Waals surface area contributed by atoms with E-state index in [9.17, 15) is 0 Å². The van der Waals surface area contributed by atoms with Gasteiger partial charge in [-0.1, -0.05) is 25.5 Å². The van der Waals surface area contributed by atoms with Crippen LogP contribution in [0.2, 0.25) is 0 Å². The lowest BCUT2D eigenvalue weighted by atomic mass is 10.1. The number of unbranched alkanes of at least 4 members (excludes halogenated alkanes) is 1. The van der Waals surface area contributed by atoms with Crippen LogP contribution in [0.25, 0.3) is 0 Å². The normalized spacial score (nSPS) is 16.6. The molecule has 2 rings (SSSR count). The molecule has 1 aromatic rings. The Hall–Kier alpha value is -1.13. The van der Waals surface area contributed by atoms with E-state index in [2.05, 4.69) is 54.1 Å². The van der Waals surface area contributed by atoms with Crippen molar-refractivity contribution in [2.45, 2.75) is 33.6 Å². The van der Waals surface area contributed by atoms with Gasteiger partial charge in [0.1, 0.15) is 0 Å². The third kappa shape index (κ3) is 3.25. The highest BCUT2D eigenvalue weighted by Gasteiger charge is 2.22. The Labute approximate surface area is 121 Å². The number of anilines is 1. The highest BCUT2D eigenvalue weighted by molar-refractivity contribution is 7.80. The SMILES string of the molecule is CCCCN1CNC(=S)N(c2cccc(C)c2C)C1. The van der Waals surface area contributed by atoms with Crippen molar-refractivity contribution >= 4 is 23.0 Å². The molecule has 1 aromatic carbocycles. The van der Waals surface area contributed by atoms with Crippen molar-refractivity contribution in [3.8, 4) is 0 Å². The minimum absolute atomic E-state index is 0.835. The van der Waals surface area contributed by atoms with Crippen molar-refractivity contribution in [2.75, 3.05) is 24.8 Å². The van der Waals surface area contributed by atoms with E-state index in [1.165, 1.54) is 29.7 Å². The standard InChI is InChI=1S/C15H23N3S/c1-4-5-9-17-10-16-15(19)18(11-17)14-8-6-7-12(2)13(14)3/h6-8H,4-5,9-11H2,1-3H3,(H,16,19). The number of benzene rings is 1. The van der Waals surface area contributed by atoms with Gasteiger partial charge in [-0.25, -0.2) is 0 Å². The molecule has 1 aliphatic rings. The lowest BCUT2D eigenvalue weighted by Crippen LogP contribution is -2.56. The van der Waals surface area contributed by atoms with Crippen molar-refractivity contribution in [3.63, 3.8) is 0 Å². The summed E-state index contributed by atoms with van der Waals surface area (Å²) in [5, 5.41) is 4.15. The molecule has 1 saturated heterocycles. The average Bonchev–Trinajstić information content (AvgIpc) is 2.41. The second kappa shape index (κ2) is 6.35. The molecule has 0 aliphatic carbocycles. The van der Waals surface area contributed by atoms with E-state index in [1.54, 1.807) is 0 Å². The number of hydrogen-bond acceptors (Lipinski definition) is 2. The van der Waals surface area contributed by atoms with Crippen LogP contribution in [0.4, 0.5) is 5.69 Å². The largest absolute Gasteiger partial charge is 0.349 e. The molecule has 0 saturated carbocycles. The molecule has 0 radical (unpaired) electrons. The molecule has 0 spiro atoms. The van der Waals surface area contributed by atoms with Crippen LogP contribution in [0, 0.1) is 13.8 Å². The summed E-state index contributed by atoms with van der Waals surface area (Å²) in [6.07, 6.45) is 2.46. The predicted molar refractivity (Wildman–Crippen MR) is 85.5 cm³/mol. The monoisotopic (exact) mass is 277 g/mol. The third-order valence-electron chi connectivity index (χ3n) is 3.74. The zero-order chi connectivity index (χ0) is 13.8. The van der Waals surface area contributed by atoms with Gasteiger partial charge in [0.2, 0.25) is 0 Å². The first kappa shape index (κ1) is 14.3. The molecule has 4 heteroatoms. The fourth-order valence-corrected chi connectivity index (χ4v) is 2.55. The number of nitrogens with zero attached hydrogens (tertiary/aromatic N) is 2. The predicted octanol–water partition coefficient (Wildman–Crippen LogP) is 3.02. The fourth-order valence-electron chi connectivity index (χ4n) is 2.33. The molecular weight excluding hydrogens is 254 g/mol.